The quantitative estimate of drug-likeness (QED) is 0.639. The van der Waals surface area contributed by atoms with E-state index < -0.39 is 17.3 Å². The van der Waals surface area contributed by atoms with Crippen LogP contribution in [0.1, 0.15) is 52.5 Å². The number of aryl methyl sites for hydroxylation is 1. The first-order chi connectivity index (χ1) is 14.2. The minimum atomic E-state index is -1.64. The summed E-state index contributed by atoms with van der Waals surface area (Å²) in [5, 5.41) is 14.3. The lowest BCUT2D eigenvalue weighted by molar-refractivity contribution is 0.0872. The number of halogens is 1. The summed E-state index contributed by atoms with van der Waals surface area (Å²) < 4.78 is 21.8. The van der Waals surface area contributed by atoms with Gasteiger partial charge >= 0.3 is 0 Å². The summed E-state index contributed by atoms with van der Waals surface area (Å²) in [4.78, 5) is 16.0. The number of aliphatic hydroxyl groups is 1. The topological polar surface area (TPSA) is 107 Å². The predicted molar refractivity (Wildman–Crippen MR) is 105 cm³/mol. The molecule has 3 aromatic rings. The van der Waals surface area contributed by atoms with Crippen molar-refractivity contribution >= 4 is 11.5 Å². The maximum absolute atomic E-state index is 14.8. The molecular weight excluding hydrogens is 387 g/mol. The number of allylic oxidation sites excluding steroid dienone is 2. The third-order valence-corrected chi connectivity index (χ3v) is 5.41. The average molecular weight is 404 g/mol. The second kappa shape index (κ2) is 6.15. The lowest BCUT2D eigenvalue weighted by atomic mass is 9.86. The number of nitrogens with zero attached hydrogens (tertiary/aromatic N) is 3. The van der Waals surface area contributed by atoms with E-state index in [0.717, 1.165) is 12.0 Å². The Morgan fingerprint density at radius 2 is 2.17 bits per heavy atom. The number of nitrogens with two attached hydrogens (primary N) is 1. The Hall–Kier alpha value is -3.70. The van der Waals surface area contributed by atoms with Gasteiger partial charge in [-0.15, -0.1) is 0 Å². The first kappa shape index (κ1) is 18.3. The molecule has 1 aromatic carbocycles. The van der Waals surface area contributed by atoms with Crippen molar-refractivity contribution in [2.24, 2.45) is 5.73 Å². The third kappa shape index (κ3) is 2.75. The van der Waals surface area contributed by atoms with Crippen molar-refractivity contribution < 1.29 is 18.8 Å². The van der Waals surface area contributed by atoms with Crippen LogP contribution in [0.2, 0.25) is 0 Å². The normalized spacial score (nSPS) is 18.0. The summed E-state index contributed by atoms with van der Waals surface area (Å²) in [6.45, 7) is 3.18. The van der Waals surface area contributed by atoms with Crippen LogP contribution >= 0.6 is 0 Å². The van der Waals surface area contributed by atoms with Crippen LogP contribution in [0, 0.1) is 24.6 Å². The molecule has 150 valence electrons. The van der Waals surface area contributed by atoms with Gasteiger partial charge < -0.3 is 19.9 Å². The van der Waals surface area contributed by atoms with E-state index in [1.54, 1.807) is 25.3 Å². The molecule has 0 radical (unpaired) electrons. The monoisotopic (exact) mass is 404 g/mol. The maximum Gasteiger partial charge on any atom is 0.268 e. The highest BCUT2D eigenvalue weighted by molar-refractivity contribution is 5.93. The molecule has 2 aromatic heterocycles. The van der Waals surface area contributed by atoms with Crippen LogP contribution in [0.15, 0.2) is 35.0 Å². The second-order valence-corrected chi connectivity index (χ2v) is 7.72. The van der Waals surface area contributed by atoms with Crippen molar-refractivity contribution in [3.8, 4) is 23.2 Å². The number of amides is 1. The lowest BCUT2D eigenvalue weighted by Crippen LogP contribution is -2.17. The van der Waals surface area contributed by atoms with Gasteiger partial charge in [-0.05, 0) is 43.5 Å². The largest absolute Gasteiger partial charge is 0.371 e. The molecule has 1 aliphatic carbocycles. The van der Waals surface area contributed by atoms with Crippen LogP contribution in [0.3, 0.4) is 0 Å². The van der Waals surface area contributed by atoms with E-state index >= 15 is 0 Å². The summed E-state index contributed by atoms with van der Waals surface area (Å²) in [5.74, 6) is 4.94. The van der Waals surface area contributed by atoms with Crippen molar-refractivity contribution in [3.63, 3.8) is 0 Å². The Morgan fingerprint density at radius 1 is 1.40 bits per heavy atom. The van der Waals surface area contributed by atoms with Crippen molar-refractivity contribution in [2.45, 2.75) is 31.9 Å². The fourth-order valence-electron chi connectivity index (χ4n) is 3.73. The summed E-state index contributed by atoms with van der Waals surface area (Å²) in [6.07, 6.45) is 4.36. The van der Waals surface area contributed by atoms with Gasteiger partial charge in [0.25, 0.3) is 5.91 Å². The number of hydrogen-bond acceptors (Lipinski definition) is 5. The molecule has 0 saturated heterocycles. The SMILES string of the molecule is Cc1cc([C@](C)(O)C#Cc2cc3c(cc2F)C2=CC(C2)n2cc(C(N)=O)nc2-3)on1. The van der Waals surface area contributed by atoms with Gasteiger partial charge in [-0.2, -0.15) is 0 Å². The smallest absolute Gasteiger partial charge is 0.268 e. The molecular formula is C22H17FN4O3. The molecule has 2 bridgehead atoms. The number of carbonyl (C=O) groups is 1. The Labute approximate surface area is 171 Å². The van der Waals surface area contributed by atoms with Crippen LogP contribution in [0.4, 0.5) is 4.39 Å². The Kier molecular flexibility index (Phi) is 3.76. The molecule has 2 aliphatic heterocycles. The number of rotatable bonds is 2. The number of hydrogen-bond donors (Lipinski definition) is 2. The van der Waals surface area contributed by atoms with Crippen LogP contribution in [0.5, 0.6) is 0 Å². The van der Waals surface area contributed by atoms with Gasteiger partial charge in [0, 0.05) is 17.8 Å². The van der Waals surface area contributed by atoms with Gasteiger partial charge in [0.2, 0.25) is 0 Å². The summed E-state index contributed by atoms with van der Waals surface area (Å²) in [6, 6.07) is 4.63. The Balaban J connectivity index is 1.62. The molecule has 6 rings (SSSR count). The number of primary amides is 1. The van der Waals surface area contributed by atoms with E-state index in [4.69, 9.17) is 10.3 Å². The molecule has 7 nitrogen and oxygen atoms in total. The number of carbonyl (C=O) groups excluding carboxylic acids is 1. The van der Waals surface area contributed by atoms with Gasteiger partial charge in [-0.1, -0.05) is 23.1 Å². The molecule has 30 heavy (non-hydrogen) atoms. The molecule has 2 atom stereocenters. The minimum Gasteiger partial charge on any atom is -0.371 e. The highest BCUT2D eigenvalue weighted by Gasteiger charge is 2.33. The second-order valence-electron chi connectivity index (χ2n) is 7.72. The van der Waals surface area contributed by atoms with Gasteiger partial charge in [-0.25, -0.2) is 9.37 Å². The van der Waals surface area contributed by atoms with Crippen LogP contribution < -0.4 is 5.73 Å². The van der Waals surface area contributed by atoms with E-state index in [0.29, 0.717) is 22.6 Å². The number of benzene rings is 1. The summed E-state index contributed by atoms with van der Waals surface area (Å²) in [5.41, 5.74) is 7.01. The van der Waals surface area contributed by atoms with Crippen molar-refractivity contribution in [1.82, 2.24) is 14.7 Å². The highest BCUT2D eigenvalue weighted by atomic mass is 19.1. The standard InChI is InChI=1S/C22H17FN4O3/c1-11-5-19(30-26-11)22(2,29)4-3-12-8-16-15(9-17(12)23)13-6-14(7-13)27-10-18(20(24)28)25-21(16)27/h5-6,8-10,14,29H,7H2,1-2H3,(H2,24,28)/t14?,22-/m1/s1. The van der Waals surface area contributed by atoms with E-state index in [2.05, 4.69) is 22.0 Å². The minimum absolute atomic E-state index is 0.0519. The predicted octanol–water partition coefficient (Wildman–Crippen LogP) is 2.69. The molecule has 0 fully saturated rings. The fraction of sp³-hybridized carbons (Fsp3) is 0.227. The van der Waals surface area contributed by atoms with Crippen molar-refractivity contribution in [2.75, 3.05) is 0 Å². The van der Waals surface area contributed by atoms with E-state index in [9.17, 15) is 14.3 Å². The zero-order valence-electron chi connectivity index (χ0n) is 16.2. The zero-order valence-corrected chi connectivity index (χ0v) is 16.2. The van der Waals surface area contributed by atoms with E-state index in [-0.39, 0.29) is 23.1 Å². The first-order valence-corrected chi connectivity index (χ1v) is 9.36. The number of aromatic nitrogens is 3. The van der Waals surface area contributed by atoms with Gasteiger partial charge in [0.05, 0.1) is 17.3 Å². The fourth-order valence-corrected chi connectivity index (χ4v) is 3.73. The van der Waals surface area contributed by atoms with E-state index in [1.165, 1.54) is 13.0 Å². The van der Waals surface area contributed by atoms with Crippen LogP contribution in [-0.2, 0) is 5.60 Å². The third-order valence-electron chi connectivity index (χ3n) is 5.41. The van der Waals surface area contributed by atoms with Gasteiger partial charge in [0.1, 0.15) is 17.3 Å². The lowest BCUT2D eigenvalue weighted by Gasteiger charge is -2.24. The van der Waals surface area contributed by atoms with E-state index in [1.807, 2.05) is 10.6 Å². The Morgan fingerprint density at radius 3 is 2.83 bits per heavy atom. The van der Waals surface area contributed by atoms with Gasteiger partial charge in [-0.3, -0.25) is 4.79 Å². The van der Waals surface area contributed by atoms with Crippen molar-refractivity contribution in [3.05, 3.63) is 64.6 Å². The molecule has 4 heterocycles. The summed E-state index contributed by atoms with van der Waals surface area (Å²) >= 11 is 0. The molecule has 0 spiro atoms. The zero-order chi connectivity index (χ0) is 21.2. The average Bonchev–Trinajstić information content (AvgIpc) is 3.23. The molecule has 3 aliphatic rings. The molecule has 8 heteroatoms. The highest BCUT2D eigenvalue weighted by Crippen LogP contribution is 2.47. The first-order valence-electron chi connectivity index (χ1n) is 9.36. The van der Waals surface area contributed by atoms with Crippen molar-refractivity contribution in [1.29, 1.82) is 0 Å². The molecule has 0 saturated carbocycles. The molecule has 1 amide bonds. The molecule has 3 N–H and O–H groups in total. The van der Waals surface area contributed by atoms with Crippen LogP contribution in [0.25, 0.3) is 17.0 Å². The summed E-state index contributed by atoms with van der Waals surface area (Å²) in [7, 11) is 0. The number of imidazole rings is 1. The molecule has 1 unspecified atom stereocenters. The van der Waals surface area contributed by atoms with Gasteiger partial charge in [0.15, 0.2) is 11.4 Å². The van der Waals surface area contributed by atoms with Crippen LogP contribution in [-0.4, -0.2) is 25.7 Å². The Bertz CT molecular complexity index is 1320. The maximum atomic E-state index is 14.8.